The number of carboxylic acid groups (broad SMARTS) is 1. The van der Waals surface area contributed by atoms with Crippen molar-refractivity contribution in [1.29, 1.82) is 0 Å². The highest BCUT2D eigenvalue weighted by Crippen LogP contribution is 2.56. The van der Waals surface area contributed by atoms with Gasteiger partial charge in [-0.05, 0) is 18.9 Å². The van der Waals surface area contributed by atoms with Gasteiger partial charge in [0.15, 0.2) is 11.5 Å². The lowest BCUT2D eigenvalue weighted by atomic mass is 9.91. The first-order valence-electron chi connectivity index (χ1n) is 5.66. The van der Waals surface area contributed by atoms with Crippen LogP contribution in [-0.4, -0.2) is 25.3 Å². The highest BCUT2D eigenvalue weighted by Gasteiger charge is 2.48. The molecule has 0 spiro atoms. The Hall–Kier alpha value is -1.42. The maximum Gasteiger partial charge on any atom is 0.304 e. The van der Waals surface area contributed by atoms with Gasteiger partial charge in [0.2, 0.25) is 0 Å². The molecule has 0 heterocycles. The zero-order valence-electron chi connectivity index (χ0n) is 10.3. The van der Waals surface area contributed by atoms with Gasteiger partial charge in [-0.1, -0.05) is 11.6 Å². The summed E-state index contributed by atoms with van der Waals surface area (Å²) < 4.78 is 10.6. The van der Waals surface area contributed by atoms with Crippen molar-refractivity contribution >= 4 is 17.6 Å². The molecule has 0 aromatic heterocycles. The van der Waals surface area contributed by atoms with Crippen molar-refractivity contribution in [2.45, 2.75) is 24.7 Å². The lowest BCUT2D eigenvalue weighted by Gasteiger charge is -2.19. The van der Waals surface area contributed by atoms with E-state index in [0.717, 1.165) is 18.4 Å². The van der Waals surface area contributed by atoms with E-state index in [1.54, 1.807) is 19.2 Å². The molecule has 0 bridgehead atoms. The average Bonchev–Trinajstić information content (AvgIpc) is 3.07. The standard InChI is InChI=1S/C13H15ClO4/c1-17-10-6-8(14)5-9(12(10)18-2)13(3-4-13)7-11(15)16/h5-6H,3-4,7H2,1-2H3,(H,15,16). The van der Waals surface area contributed by atoms with Crippen molar-refractivity contribution in [2.75, 3.05) is 14.2 Å². The molecule has 0 atom stereocenters. The number of carbonyl (C=O) groups is 1. The third kappa shape index (κ3) is 2.25. The maximum atomic E-state index is 11.0. The monoisotopic (exact) mass is 270 g/mol. The van der Waals surface area contributed by atoms with Crippen LogP contribution in [-0.2, 0) is 10.2 Å². The van der Waals surface area contributed by atoms with Crippen LogP contribution in [0, 0.1) is 0 Å². The fourth-order valence-corrected chi connectivity index (χ4v) is 2.51. The van der Waals surface area contributed by atoms with Crippen molar-refractivity contribution < 1.29 is 19.4 Å². The Morgan fingerprint density at radius 1 is 1.39 bits per heavy atom. The van der Waals surface area contributed by atoms with Crippen LogP contribution in [0.3, 0.4) is 0 Å². The molecule has 0 radical (unpaired) electrons. The Labute approximate surface area is 110 Å². The third-order valence-corrected chi connectivity index (χ3v) is 3.58. The lowest BCUT2D eigenvalue weighted by molar-refractivity contribution is -0.137. The molecule has 1 aromatic rings. The SMILES string of the molecule is COc1cc(Cl)cc(C2(CC(=O)O)CC2)c1OC. The summed E-state index contributed by atoms with van der Waals surface area (Å²) in [5, 5.41) is 9.53. The summed E-state index contributed by atoms with van der Waals surface area (Å²) in [6.45, 7) is 0. The van der Waals surface area contributed by atoms with Crippen LogP contribution >= 0.6 is 11.6 Å². The molecule has 1 aliphatic rings. The zero-order chi connectivity index (χ0) is 13.3. The third-order valence-electron chi connectivity index (χ3n) is 3.36. The second-order valence-corrected chi connectivity index (χ2v) is 4.98. The number of rotatable bonds is 5. The predicted octanol–water partition coefficient (Wildman–Crippen LogP) is 2.86. The molecule has 2 rings (SSSR count). The number of halogens is 1. The zero-order valence-corrected chi connectivity index (χ0v) is 11.1. The number of aliphatic carboxylic acids is 1. The van der Waals surface area contributed by atoms with Gasteiger partial charge in [-0.15, -0.1) is 0 Å². The highest BCUT2D eigenvalue weighted by atomic mass is 35.5. The maximum absolute atomic E-state index is 11.0. The molecule has 1 N–H and O–H groups in total. The smallest absolute Gasteiger partial charge is 0.304 e. The summed E-state index contributed by atoms with van der Waals surface area (Å²) in [7, 11) is 3.08. The van der Waals surface area contributed by atoms with Crippen LogP contribution in [0.1, 0.15) is 24.8 Å². The van der Waals surface area contributed by atoms with E-state index in [9.17, 15) is 4.79 Å². The van der Waals surface area contributed by atoms with E-state index in [-0.39, 0.29) is 11.8 Å². The summed E-state index contributed by atoms with van der Waals surface area (Å²) in [5.74, 6) is 0.311. The lowest BCUT2D eigenvalue weighted by Crippen LogP contribution is -2.14. The first-order valence-corrected chi connectivity index (χ1v) is 6.04. The summed E-state index contributed by atoms with van der Waals surface area (Å²) in [6.07, 6.45) is 1.76. The van der Waals surface area contributed by atoms with Crippen molar-refractivity contribution in [1.82, 2.24) is 0 Å². The van der Waals surface area contributed by atoms with Gasteiger partial charge < -0.3 is 14.6 Å². The minimum atomic E-state index is -0.812. The number of hydrogen-bond acceptors (Lipinski definition) is 3. The van der Waals surface area contributed by atoms with Crippen LogP contribution < -0.4 is 9.47 Å². The molecule has 0 unspecified atom stereocenters. The Kier molecular flexibility index (Phi) is 3.39. The van der Waals surface area contributed by atoms with E-state index in [0.29, 0.717) is 16.5 Å². The number of ether oxygens (including phenoxy) is 2. The van der Waals surface area contributed by atoms with Crippen LogP contribution in [0.4, 0.5) is 0 Å². The Balaban J connectivity index is 2.49. The van der Waals surface area contributed by atoms with Crippen LogP contribution in [0.5, 0.6) is 11.5 Å². The molecular weight excluding hydrogens is 256 g/mol. The second-order valence-electron chi connectivity index (χ2n) is 4.54. The second kappa shape index (κ2) is 4.69. The molecule has 0 amide bonds. The molecule has 1 fully saturated rings. The molecule has 18 heavy (non-hydrogen) atoms. The van der Waals surface area contributed by atoms with Gasteiger partial charge in [0.25, 0.3) is 0 Å². The molecule has 1 aromatic carbocycles. The number of methoxy groups -OCH3 is 2. The van der Waals surface area contributed by atoms with Gasteiger partial charge >= 0.3 is 5.97 Å². The quantitative estimate of drug-likeness (QED) is 0.894. The summed E-state index contributed by atoms with van der Waals surface area (Å²) in [6, 6.07) is 3.44. The van der Waals surface area contributed by atoms with Crippen LogP contribution in [0.15, 0.2) is 12.1 Å². The molecule has 5 heteroatoms. The van der Waals surface area contributed by atoms with E-state index in [4.69, 9.17) is 26.2 Å². The van der Waals surface area contributed by atoms with Crippen LogP contribution in [0.2, 0.25) is 5.02 Å². The first kappa shape index (κ1) is 13.0. The van der Waals surface area contributed by atoms with Gasteiger partial charge in [0.1, 0.15) is 0 Å². The first-order chi connectivity index (χ1) is 8.52. The average molecular weight is 271 g/mol. The van der Waals surface area contributed by atoms with Gasteiger partial charge in [0.05, 0.1) is 20.6 Å². The van der Waals surface area contributed by atoms with Crippen molar-refractivity contribution in [3.05, 3.63) is 22.7 Å². The molecule has 0 aliphatic heterocycles. The molecule has 98 valence electrons. The Morgan fingerprint density at radius 3 is 2.50 bits per heavy atom. The van der Waals surface area contributed by atoms with Crippen LogP contribution in [0.25, 0.3) is 0 Å². The molecule has 4 nitrogen and oxygen atoms in total. The van der Waals surface area contributed by atoms with Gasteiger partial charge in [-0.25, -0.2) is 0 Å². The number of hydrogen-bond donors (Lipinski definition) is 1. The van der Waals surface area contributed by atoms with Crippen molar-refractivity contribution in [3.63, 3.8) is 0 Å². The largest absolute Gasteiger partial charge is 0.493 e. The van der Waals surface area contributed by atoms with Crippen molar-refractivity contribution in [2.24, 2.45) is 0 Å². The van der Waals surface area contributed by atoms with E-state index in [1.807, 2.05) is 0 Å². The normalized spacial score (nSPS) is 16.2. The molecule has 1 aliphatic carbocycles. The number of benzene rings is 1. The van der Waals surface area contributed by atoms with Gasteiger partial charge in [0, 0.05) is 22.1 Å². The minimum Gasteiger partial charge on any atom is -0.493 e. The molecule has 0 saturated heterocycles. The Bertz CT molecular complexity index is 480. The highest BCUT2D eigenvalue weighted by molar-refractivity contribution is 6.30. The topological polar surface area (TPSA) is 55.8 Å². The molecule has 1 saturated carbocycles. The van der Waals surface area contributed by atoms with E-state index in [1.165, 1.54) is 7.11 Å². The fourth-order valence-electron chi connectivity index (χ4n) is 2.31. The summed E-state index contributed by atoms with van der Waals surface area (Å²) in [5.41, 5.74) is 0.478. The van der Waals surface area contributed by atoms with Gasteiger partial charge in [-0.2, -0.15) is 0 Å². The van der Waals surface area contributed by atoms with E-state index in [2.05, 4.69) is 0 Å². The Morgan fingerprint density at radius 2 is 2.06 bits per heavy atom. The summed E-state index contributed by atoms with van der Waals surface area (Å²) >= 11 is 6.05. The minimum absolute atomic E-state index is 0.0901. The molecular formula is C13H15ClO4. The van der Waals surface area contributed by atoms with E-state index < -0.39 is 5.97 Å². The van der Waals surface area contributed by atoms with Crippen molar-refractivity contribution in [3.8, 4) is 11.5 Å². The van der Waals surface area contributed by atoms with Gasteiger partial charge in [-0.3, -0.25) is 4.79 Å². The number of carboxylic acids is 1. The summed E-state index contributed by atoms with van der Waals surface area (Å²) in [4.78, 5) is 11.0. The van der Waals surface area contributed by atoms with E-state index >= 15 is 0 Å². The fraction of sp³-hybridized carbons (Fsp3) is 0.462. The predicted molar refractivity (Wildman–Crippen MR) is 67.7 cm³/mol.